The SMILES string of the molecule is CCCOc1ccc(CC(Br)C(C)=O)cc1. The molecule has 0 amide bonds. The van der Waals surface area contributed by atoms with Crippen molar-refractivity contribution in [2.75, 3.05) is 6.61 Å². The summed E-state index contributed by atoms with van der Waals surface area (Å²) in [5, 5.41) is 0. The molecular formula is C13H17BrO2. The number of halogens is 1. The molecule has 0 fully saturated rings. The molecule has 1 aromatic carbocycles. The first-order valence-electron chi connectivity index (χ1n) is 5.49. The number of carbonyl (C=O) groups is 1. The molecule has 0 N–H and O–H groups in total. The predicted octanol–water partition coefficient (Wildman–Crippen LogP) is 3.37. The van der Waals surface area contributed by atoms with E-state index in [4.69, 9.17) is 4.74 Å². The van der Waals surface area contributed by atoms with Crippen LogP contribution in [0.5, 0.6) is 5.75 Å². The zero-order chi connectivity index (χ0) is 12.0. The lowest BCUT2D eigenvalue weighted by atomic mass is 10.1. The minimum absolute atomic E-state index is 0.0880. The summed E-state index contributed by atoms with van der Waals surface area (Å²) in [6, 6.07) is 7.90. The highest BCUT2D eigenvalue weighted by Gasteiger charge is 2.10. The zero-order valence-electron chi connectivity index (χ0n) is 9.70. The van der Waals surface area contributed by atoms with Gasteiger partial charge in [-0.1, -0.05) is 35.0 Å². The van der Waals surface area contributed by atoms with Crippen molar-refractivity contribution in [3.8, 4) is 5.75 Å². The molecule has 0 radical (unpaired) electrons. The second-order valence-corrected chi connectivity index (χ2v) is 4.88. The summed E-state index contributed by atoms with van der Waals surface area (Å²) in [5.41, 5.74) is 1.14. The van der Waals surface area contributed by atoms with E-state index in [1.165, 1.54) is 0 Å². The van der Waals surface area contributed by atoms with Crippen LogP contribution in [0.25, 0.3) is 0 Å². The summed E-state index contributed by atoms with van der Waals surface area (Å²) in [7, 11) is 0. The normalized spacial score (nSPS) is 12.2. The van der Waals surface area contributed by atoms with Gasteiger partial charge in [-0.2, -0.15) is 0 Å². The number of carbonyl (C=O) groups excluding carboxylic acids is 1. The van der Waals surface area contributed by atoms with E-state index in [-0.39, 0.29) is 10.6 Å². The van der Waals surface area contributed by atoms with Crippen LogP contribution in [-0.4, -0.2) is 17.2 Å². The van der Waals surface area contributed by atoms with Crippen molar-refractivity contribution < 1.29 is 9.53 Å². The number of alkyl halides is 1. The number of ketones is 1. The first-order valence-corrected chi connectivity index (χ1v) is 6.41. The molecular weight excluding hydrogens is 268 g/mol. The van der Waals surface area contributed by atoms with Gasteiger partial charge in [-0.15, -0.1) is 0 Å². The van der Waals surface area contributed by atoms with E-state index < -0.39 is 0 Å². The van der Waals surface area contributed by atoms with Crippen LogP contribution in [0.15, 0.2) is 24.3 Å². The van der Waals surface area contributed by atoms with Gasteiger partial charge in [0.1, 0.15) is 11.5 Å². The van der Waals surface area contributed by atoms with Gasteiger partial charge in [-0.05, 0) is 37.5 Å². The van der Waals surface area contributed by atoms with Crippen LogP contribution >= 0.6 is 15.9 Å². The van der Waals surface area contributed by atoms with Crippen LogP contribution in [0, 0.1) is 0 Å². The average Bonchev–Trinajstić information content (AvgIpc) is 2.28. The third-order valence-corrected chi connectivity index (χ3v) is 3.22. The van der Waals surface area contributed by atoms with Gasteiger partial charge >= 0.3 is 0 Å². The Balaban J connectivity index is 2.54. The van der Waals surface area contributed by atoms with Gasteiger partial charge < -0.3 is 4.74 Å². The van der Waals surface area contributed by atoms with Crippen LogP contribution in [0.3, 0.4) is 0 Å². The van der Waals surface area contributed by atoms with Crippen molar-refractivity contribution in [3.63, 3.8) is 0 Å². The second kappa shape index (κ2) is 6.69. The molecule has 0 aromatic heterocycles. The number of hydrogen-bond donors (Lipinski definition) is 0. The topological polar surface area (TPSA) is 26.3 Å². The van der Waals surface area contributed by atoms with Crippen LogP contribution in [0.4, 0.5) is 0 Å². The van der Waals surface area contributed by atoms with Crippen molar-refractivity contribution >= 4 is 21.7 Å². The molecule has 0 heterocycles. The van der Waals surface area contributed by atoms with Gasteiger partial charge in [0.05, 0.1) is 11.4 Å². The maximum atomic E-state index is 11.1. The van der Waals surface area contributed by atoms with Crippen LogP contribution in [0.2, 0.25) is 0 Å². The van der Waals surface area contributed by atoms with Crippen LogP contribution in [0.1, 0.15) is 25.8 Å². The van der Waals surface area contributed by atoms with Crippen molar-refractivity contribution in [3.05, 3.63) is 29.8 Å². The Hall–Kier alpha value is -0.830. The Labute approximate surface area is 105 Å². The minimum Gasteiger partial charge on any atom is -0.494 e. The fraction of sp³-hybridized carbons (Fsp3) is 0.462. The number of benzene rings is 1. The number of rotatable bonds is 6. The first-order chi connectivity index (χ1) is 7.63. The van der Waals surface area contributed by atoms with Gasteiger partial charge in [-0.3, -0.25) is 4.79 Å². The van der Waals surface area contributed by atoms with Crippen LogP contribution < -0.4 is 4.74 Å². The molecule has 0 aliphatic heterocycles. The lowest BCUT2D eigenvalue weighted by Crippen LogP contribution is -2.12. The minimum atomic E-state index is -0.0880. The molecule has 0 aliphatic carbocycles. The average molecular weight is 285 g/mol. The highest BCUT2D eigenvalue weighted by molar-refractivity contribution is 9.10. The number of Topliss-reactive ketones (excluding diaryl/α,β-unsaturated/α-hetero) is 1. The Kier molecular flexibility index (Phi) is 5.53. The van der Waals surface area contributed by atoms with E-state index in [1.807, 2.05) is 24.3 Å². The van der Waals surface area contributed by atoms with E-state index in [0.717, 1.165) is 30.8 Å². The van der Waals surface area contributed by atoms with Crippen molar-refractivity contribution in [2.45, 2.75) is 31.5 Å². The molecule has 16 heavy (non-hydrogen) atoms. The summed E-state index contributed by atoms with van der Waals surface area (Å²) in [6.07, 6.45) is 1.74. The number of hydrogen-bond acceptors (Lipinski definition) is 2. The summed E-state index contributed by atoms with van der Waals surface area (Å²) in [5.74, 6) is 1.05. The molecule has 2 nitrogen and oxygen atoms in total. The van der Waals surface area contributed by atoms with Gasteiger partial charge in [0, 0.05) is 0 Å². The van der Waals surface area contributed by atoms with Crippen LogP contribution in [-0.2, 0) is 11.2 Å². The van der Waals surface area contributed by atoms with E-state index in [2.05, 4.69) is 22.9 Å². The molecule has 1 rings (SSSR count). The smallest absolute Gasteiger partial charge is 0.143 e. The fourth-order valence-electron chi connectivity index (χ4n) is 1.29. The second-order valence-electron chi connectivity index (χ2n) is 3.77. The molecule has 1 atom stereocenters. The van der Waals surface area contributed by atoms with Gasteiger partial charge in [0.15, 0.2) is 0 Å². The molecule has 3 heteroatoms. The first kappa shape index (κ1) is 13.2. The van der Waals surface area contributed by atoms with Crippen molar-refractivity contribution in [1.82, 2.24) is 0 Å². The summed E-state index contributed by atoms with van der Waals surface area (Å²) in [4.78, 5) is 11.0. The quantitative estimate of drug-likeness (QED) is 0.749. The van der Waals surface area contributed by atoms with Gasteiger partial charge in [-0.25, -0.2) is 0 Å². The standard InChI is InChI=1S/C13H17BrO2/c1-3-8-16-12-6-4-11(5-7-12)9-13(14)10(2)15/h4-7,13H,3,8-9H2,1-2H3. The highest BCUT2D eigenvalue weighted by Crippen LogP contribution is 2.16. The molecule has 1 aromatic rings. The summed E-state index contributed by atoms with van der Waals surface area (Å²) < 4.78 is 5.48. The Morgan fingerprint density at radius 3 is 2.50 bits per heavy atom. The maximum absolute atomic E-state index is 11.1. The van der Waals surface area contributed by atoms with E-state index in [0.29, 0.717) is 0 Å². The van der Waals surface area contributed by atoms with Crippen molar-refractivity contribution in [2.24, 2.45) is 0 Å². The predicted molar refractivity (Wildman–Crippen MR) is 69.3 cm³/mol. The zero-order valence-corrected chi connectivity index (χ0v) is 11.3. The molecule has 0 spiro atoms. The Bertz CT molecular complexity index is 332. The lowest BCUT2D eigenvalue weighted by molar-refractivity contribution is -0.116. The molecule has 0 saturated carbocycles. The highest BCUT2D eigenvalue weighted by atomic mass is 79.9. The summed E-state index contributed by atoms with van der Waals surface area (Å²) >= 11 is 3.36. The molecule has 88 valence electrons. The molecule has 0 bridgehead atoms. The van der Waals surface area contributed by atoms with Gasteiger partial charge in [0.2, 0.25) is 0 Å². The maximum Gasteiger partial charge on any atom is 0.143 e. The van der Waals surface area contributed by atoms with E-state index >= 15 is 0 Å². The largest absolute Gasteiger partial charge is 0.494 e. The molecule has 1 unspecified atom stereocenters. The van der Waals surface area contributed by atoms with Gasteiger partial charge in [0.25, 0.3) is 0 Å². The van der Waals surface area contributed by atoms with E-state index in [1.54, 1.807) is 6.92 Å². The molecule has 0 aliphatic rings. The summed E-state index contributed by atoms with van der Waals surface area (Å²) in [6.45, 7) is 4.42. The number of ether oxygens (including phenoxy) is 1. The van der Waals surface area contributed by atoms with Crippen molar-refractivity contribution in [1.29, 1.82) is 0 Å². The fourth-order valence-corrected chi connectivity index (χ4v) is 1.67. The monoisotopic (exact) mass is 284 g/mol. The third-order valence-electron chi connectivity index (χ3n) is 2.25. The lowest BCUT2D eigenvalue weighted by Gasteiger charge is -2.08. The third kappa shape index (κ3) is 4.35. The Morgan fingerprint density at radius 2 is 2.00 bits per heavy atom. The Morgan fingerprint density at radius 1 is 1.38 bits per heavy atom. The molecule has 0 saturated heterocycles. The van der Waals surface area contributed by atoms with E-state index in [9.17, 15) is 4.79 Å².